The fourth-order valence-electron chi connectivity index (χ4n) is 2.11. The van der Waals surface area contributed by atoms with E-state index < -0.39 is 0 Å². The van der Waals surface area contributed by atoms with Crippen molar-refractivity contribution in [1.82, 2.24) is 0 Å². The van der Waals surface area contributed by atoms with Gasteiger partial charge in [-0.2, -0.15) is 0 Å². The van der Waals surface area contributed by atoms with Gasteiger partial charge in [0.1, 0.15) is 5.69 Å². The maximum Gasteiger partial charge on any atom is 0.135 e. The van der Waals surface area contributed by atoms with Crippen LogP contribution in [0.5, 0.6) is 0 Å². The van der Waals surface area contributed by atoms with Crippen LogP contribution in [0.15, 0.2) is 54.6 Å². The standard InChI is InChI=1S/C14H11N/c15-14-7-3-6-12-11-5-2-1-4-10(11)8-9-13(12)14/h1-9H,15H2/p+1. The third kappa shape index (κ3) is 1.21. The Morgan fingerprint density at radius 1 is 0.600 bits per heavy atom. The van der Waals surface area contributed by atoms with E-state index in [9.17, 15) is 0 Å². The summed E-state index contributed by atoms with van der Waals surface area (Å²) in [4.78, 5) is 0. The molecule has 72 valence electrons. The van der Waals surface area contributed by atoms with Crippen molar-refractivity contribution in [3.63, 3.8) is 0 Å². The summed E-state index contributed by atoms with van der Waals surface area (Å²) in [6.07, 6.45) is 0. The van der Waals surface area contributed by atoms with E-state index in [-0.39, 0.29) is 0 Å². The fourth-order valence-corrected chi connectivity index (χ4v) is 2.11. The first-order valence-corrected chi connectivity index (χ1v) is 5.09. The van der Waals surface area contributed by atoms with Crippen LogP contribution in [0.25, 0.3) is 21.5 Å². The van der Waals surface area contributed by atoms with Gasteiger partial charge in [0, 0.05) is 5.39 Å². The van der Waals surface area contributed by atoms with Crippen LogP contribution in [0, 0.1) is 0 Å². The zero-order valence-corrected chi connectivity index (χ0v) is 8.40. The summed E-state index contributed by atoms with van der Waals surface area (Å²) in [5.41, 5.74) is 5.15. The quantitative estimate of drug-likeness (QED) is 0.533. The molecule has 0 aliphatic heterocycles. The third-order valence-electron chi connectivity index (χ3n) is 2.88. The van der Waals surface area contributed by atoms with Gasteiger partial charge in [0.25, 0.3) is 0 Å². The molecular weight excluding hydrogens is 182 g/mol. The van der Waals surface area contributed by atoms with Crippen molar-refractivity contribution in [2.75, 3.05) is 0 Å². The molecule has 0 aliphatic carbocycles. The summed E-state index contributed by atoms with van der Waals surface area (Å²) in [5, 5.41) is 5.13. The lowest BCUT2D eigenvalue weighted by molar-refractivity contribution is -0.252. The number of hydrogen-bond acceptors (Lipinski definition) is 0. The Labute approximate surface area is 88.1 Å². The molecule has 3 aromatic carbocycles. The monoisotopic (exact) mass is 194 g/mol. The number of hydrogen-bond donors (Lipinski definition) is 1. The zero-order chi connectivity index (χ0) is 10.3. The van der Waals surface area contributed by atoms with Gasteiger partial charge >= 0.3 is 0 Å². The predicted octanol–water partition coefficient (Wildman–Crippen LogP) is 2.87. The first kappa shape index (κ1) is 8.45. The molecule has 0 heterocycles. The minimum Gasteiger partial charge on any atom is -0.325 e. The molecule has 1 heteroatoms. The highest BCUT2D eigenvalue weighted by Crippen LogP contribution is 2.27. The minimum atomic E-state index is 1.10. The van der Waals surface area contributed by atoms with E-state index >= 15 is 0 Å². The summed E-state index contributed by atoms with van der Waals surface area (Å²) in [5.74, 6) is 0. The average molecular weight is 194 g/mol. The van der Waals surface area contributed by atoms with Gasteiger partial charge in [0.2, 0.25) is 0 Å². The van der Waals surface area contributed by atoms with Crippen molar-refractivity contribution in [2.45, 2.75) is 0 Å². The van der Waals surface area contributed by atoms with Crippen LogP contribution >= 0.6 is 0 Å². The summed E-state index contributed by atoms with van der Waals surface area (Å²) in [6.45, 7) is 0. The summed E-state index contributed by atoms with van der Waals surface area (Å²) < 4.78 is 0. The Bertz CT molecular complexity index is 641. The lowest BCUT2D eigenvalue weighted by Crippen LogP contribution is -2.40. The Kier molecular flexibility index (Phi) is 1.73. The van der Waals surface area contributed by atoms with Crippen LogP contribution in [0.2, 0.25) is 0 Å². The van der Waals surface area contributed by atoms with Gasteiger partial charge in [-0.1, -0.05) is 42.5 Å². The Hall–Kier alpha value is -1.86. The van der Waals surface area contributed by atoms with Crippen molar-refractivity contribution in [2.24, 2.45) is 0 Å². The summed E-state index contributed by atoms with van der Waals surface area (Å²) in [7, 11) is 0. The first-order chi connectivity index (χ1) is 7.36. The molecule has 0 saturated carbocycles. The molecule has 0 amide bonds. The normalized spacial score (nSPS) is 11.0. The second-order valence-electron chi connectivity index (χ2n) is 3.80. The average Bonchev–Trinajstić information content (AvgIpc) is 2.29. The number of benzene rings is 3. The highest BCUT2D eigenvalue weighted by molar-refractivity contribution is 6.10. The molecule has 0 spiro atoms. The third-order valence-corrected chi connectivity index (χ3v) is 2.88. The smallest absolute Gasteiger partial charge is 0.135 e. The topological polar surface area (TPSA) is 27.6 Å². The maximum absolute atomic E-state index is 4.06. The first-order valence-electron chi connectivity index (χ1n) is 5.09. The second kappa shape index (κ2) is 3.07. The van der Waals surface area contributed by atoms with E-state index in [2.05, 4.69) is 60.3 Å². The van der Waals surface area contributed by atoms with Gasteiger partial charge in [0.15, 0.2) is 0 Å². The molecule has 0 saturated heterocycles. The highest BCUT2D eigenvalue weighted by atomic mass is 14.5. The Morgan fingerprint density at radius 2 is 1.40 bits per heavy atom. The van der Waals surface area contributed by atoms with E-state index in [1.807, 2.05) is 0 Å². The van der Waals surface area contributed by atoms with Crippen molar-refractivity contribution in [1.29, 1.82) is 0 Å². The molecule has 0 aliphatic rings. The van der Waals surface area contributed by atoms with Crippen LogP contribution in [-0.4, -0.2) is 0 Å². The second-order valence-corrected chi connectivity index (χ2v) is 3.80. The SMILES string of the molecule is [NH3+]c1cccc2c1ccc1ccccc12. The Balaban J connectivity index is 2.60. The van der Waals surface area contributed by atoms with E-state index in [1.165, 1.54) is 21.5 Å². The molecule has 0 aromatic heterocycles. The Morgan fingerprint density at radius 3 is 2.33 bits per heavy atom. The van der Waals surface area contributed by atoms with Gasteiger partial charge in [0.05, 0.1) is 0 Å². The lowest BCUT2D eigenvalue weighted by Gasteiger charge is -2.03. The lowest BCUT2D eigenvalue weighted by atomic mass is 10.0. The van der Waals surface area contributed by atoms with Gasteiger partial charge in [-0.05, 0) is 28.3 Å². The molecule has 3 N–H and O–H groups in total. The number of quaternary nitrogens is 1. The number of fused-ring (bicyclic) bond motifs is 3. The highest BCUT2D eigenvalue weighted by Gasteiger charge is 2.03. The molecule has 0 bridgehead atoms. The summed E-state index contributed by atoms with van der Waals surface area (Å²) >= 11 is 0. The van der Waals surface area contributed by atoms with E-state index in [4.69, 9.17) is 0 Å². The molecule has 0 fully saturated rings. The largest absolute Gasteiger partial charge is 0.325 e. The van der Waals surface area contributed by atoms with Crippen LogP contribution in [0.4, 0.5) is 5.69 Å². The van der Waals surface area contributed by atoms with Gasteiger partial charge in [-0.15, -0.1) is 0 Å². The maximum atomic E-state index is 4.06. The van der Waals surface area contributed by atoms with E-state index in [0.717, 1.165) is 5.69 Å². The van der Waals surface area contributed by atoms with E-state index in [1.54, 1.807) is 0 Å². The van der Waals surface area contributed by atoms with Crippen molar-refractivity contribution in [3.8, 4) is 0 Å². The van der Waals surface area contributed by atoms with Crippen LogP contribution in [0.1, 0.15) is 0 Å². The van der Waals surface area contributed by atoms with Crippen LogP contribution < -0.4 is 5.73 Å². The van der Waals surface area contributed by atoms with Gasteiger partial charge < -0.3 is 5.73 Å². The molecule has 1 nitrogen and oxygen atoms in total. The molecule has 0 radical (unpaired) electrons. The van der Waals surface area contributed by atoms with E-state index in [0.29, 0.717) is 0 Å². The van der Waals surface area contributed by atoms with Crippen LogP contribution in [-0.2, 0) is 0 Å². The molecule has 0 unspecified atom stereocenters. The van der Waals surface area contributed by atoms with Crippen LogP contribution in [0.3, 0.4) is 0 Å². The fraction of sp³-hybridized carbons (Fsp3) is 0. The number of rotatable bonds is 0. The van der Waals surface area contributed by atoms with Crippen molar-refractivity contribution < 1.29 is 5.73 Å². The molecular formula is C14H12N+. The molecule has 0 atom stereocenters. The minimum absolute atomic E-state index is 1.10. The van der Waals surface area contributed by atoms with Crippen molar-refractivity contribution in [3.05, 3.63) is 54.6 Å². The van der Waals surface area contributed by atoms with Gasteiger partial charge in [-0.3, -0.25) is 0 Å². The summed E-state index contributed by atoms with van der Waals surface area (Å²) in [6, 6.07) is 19.0. The predicted molar refractivity (Wildman–Crippen MR) is 64.0 cm³/mol. The molecule has 15 heavy (non-hydrogen) atoms. The molecule has 3 aromatic rings. The molecule has 3 rings (SSSR count). The zero-order valence-electron chi connectivity index (χ0n) is 8.40. The van der Waals surface area contributed by atoms with Gasteiger partial charge in [-0.25, -0.2) is 0 Å². The van der Waals surface area contributed by atoms with Crippen molar-refractivity contribution >= 4 is 27.2 Å².